The number of nitrogens with two attached hydrogens (primary N) is 1. The van der Waals surface area contributed by atoms with E-state index in [0.717, 1.165) is 25.3 Å². The van der Waals surface area contributed by atoms with E-state index in [9.17, 15) is 4.79 Å². The fraction of sp³-hybridized carbons (Fsp3) is 0.667. The Bertz CT molecular complexity index is 419. The molecule has 0 unspecified atom stereocenters. The normalized spacial score (nSPS) is 19.7. The smallest absolute Gasteiger partial charge is 0.294 e. The highest BCUT2D eigenvalue weighted by Gasteiger charge is 2.25. The number of amides is 1. The molecule has 1 saturated heterocycles. The SMILES string of the molecule is CC1(C)CCN(Cc2csc(C(=O)NN)n2)CC1. The van der Waals surface area contributed by atoms with Crippen LogP contribution in [0, 0.1) is 5.41 Å². The number of nitrogens with zero attached hydrogens (tertiary/aromatic N) is 2. The van der Waals surface area contributed by atoms with Crippen LogP contribution >= 0.6 is 11.3 Å². The van der Waals surface area contributed by atoms with Gasteiger partial charge in [-0.3, -0.25) is 15.1 Å². The maximum absolute atomic E-state index is 11.3. The van der Waals surface area contributed by atoms with Crippen LogP contribution < -0.4 is 11.3 Å². The highest BCUT2D eigenvalue weighted by atomic mass is 32.1. The van der Waals surface area contributed by atoms with Crippen LogP contribution in [0.15, 0.2) is 5.38 Å². The minimum Gasteiger partial charge on any atom is -0.297 e. The van der Waals surface area contributed by atoms with E-state index in [4.69, 9.17) is 5.84 Å². The van der Waals surface area contributed by atoms with E-state index in [2.05, 4.69) is 29.2 Å². The van der Waals surface area contributed by atoms with Crippen molar-refractivity contribution < 1.29 is 4.79 Å². The molecule has 0 aliphatic carbocycles. The molecule has 1 aromatic rings. The van der Waals surface area contributed by atoms with Gasteiger partial charge in [-0.2, -0.15) is 0 Å². The van der Waals surface area contributed by atoms with Crippen molar-refractivity contribution in [1.29, 1.82) is 0 Å². The van der Waals surface area contributed by atoms with Gasteiger partial charge in [0, 0.05) is 11.9 Å². The van der Waals surface area contributed by atoms with Gasteiger partial charge >= 0.3 is 0 Å². The van der Waals surface area contributed by atoms with Crippen molar-refractivity contribution in [2.75, 3.05) is 13.1 Å². The quantitative estimate of drug-likeness (QED) is 0.493. The standard InChI is InChI=1S/C12H20N4OS/c1-12(2)3-5-16(6-4-12)7-9-8-18-11(14-9)10(17)15-13/h8H,3-7,13H2,1-2H3,(H,15,17). The lowest BCUT2D eigenvalue weighted by Crippen LogP contribution is -2.36. The van der Waals surface area contributed by atoms with Crippen LogP contribution in [0.5, 0.6) is 0 Å². The Morgan fingerprint density at radius 3 is 2.83 bits per heavy atom. The number of thiazole rings is 1. The van der Waals surface area contributed by atoms with E-state index in [-0.39, 0.29) is 5.91 Å². The summed E-state index contributed by atoms with van der Waals surface area (Å²) in [6.45, 7) is 7.66. The summed E-state index contributed by atoms with van der Waals surface area (Å²) < 4.78 is 0. The fourth-order valence-corrected chi connectivity index (χ4v) is 2.80. The molecule has 100 valence electrons. The first kappa shape index (κ1) is 13.5. The summed E-state index contributed by atoms with van der Waals surface area (Å²) in [4.78, 5) is 18.0. The first-order valence-electron chi connectivity index (χ1n) is 6.18. The van der Waals surface area contributed by atoms with Crippen molar-refractivity contribution in [3.8, 4) is 0 Å². The molecule has 0 saturated carbocycles. The van der Waals surface area contributed by atoms with Gasteiger partial charge in [-0.1, -0.05) is 13.8 Å². The molecule has 1 amide bonds. The largest absolute Gasteiger partial charge is 0.297 e. The number of aromatic nitrogens is 1. The molecular weight excluding hydrogens is 248 g/mol. The number of hydrazine groups is 1. The van der Waals surface area contributed by atoms with Gasteiger partial charge in [0.25, 0.3) is 5.91 Å². The van der Waals surface area contributed by atoms with E-state index >= 15 is 0 Å². The number of carbonyl (C=O) groups is 1. The van der Waals surface area contributed by atoms with E-state index in [0.29, 0.717) is 10.4 Å². The molecule has 0 atom stereocenters. The number of nitrogen functional groups attached to an aromatic ring is 1. The summed E-state index contributed by atoms with van der Waals surface area (Å²) >= 11 is 1.34. The van der Waals surface area contributed by atoms with E-state index < -0.39 is 0 Å². The Balaban J connectivity index is 1.90. The van der Waals surface area contributed by atoms with Crippen LogP contribution in [0.4, 0.5) is 0 Å². The minimum absolute atomic E-state index is 0.314. The molecule has 3 N–H and O–H groups in total. The monoisotopic (exact) mass is 268 g/mol. The van der Waals surface area contributed by atoms with Crippen LogP contribution in [-0.2, 0) is 6.54 Å². The van der Waals surface area contributed by atoms with Gasteiger partial charge < -0.3 is 0 Å². The third-order valence-electron chi connectivity index (χ3n) is 3.47. The lowest BCUT2D eigenvalue weighted by atomic mass is 9.83. The van der Waals surface area contributed by atoms with E-state index in [1.165, 1.54) is 24.2 Å². The zero-order chi connectivity index (χ0) is 13.2. The third kappa shape index (κ3) is 3.28. The van der Waals surface area contributed by atoms with E-state index in [1.807, 2.05) is 5.38 Å². The lowest BCUT2D eigenvalue weighted by Gasteiger charge is -2.36. The molecule has 6 heteroatoms. The lowest BCUT2D eigenvalue weighted by molar-refractivity contribution is 0.0952. The van der Waals surface area contributed by atoms with Gasteiger partial charge in [0.15, 0.2) is 5.01 Å². The molecule has 2 heterocycles. The van der Waals surface area contributed by atoms with Crippen molar-refractivity contribution in [3.63, 3.8) is 0 Å². The van der Waals surface area contributed by atoms with Crippen molar-refractivity contribution >= 4 is 17.2 Å². The summed E-state index contributed by atoms with van der Waals surface area (Å²) in [5.41, 5.74) is 3.52. The Morgan fingerprint density at radius 1 is 1.56 bits per heavy atom. The van der Waals surface area contributed by atoms with Gasteiger partial charge in [0.2, 0.25) is 0 Å². The van der Waals surface area contributed by atoms with Crippen molar-refractivity contribution in [1.82, 2.24) is 15.3 Å². The van der Waals surface area contributed by atoms with Gasteiger partial charge in [0.1, 0.15) is 0 Å². The average molecular weight is 268 g/mol. The summed E-state index contributed by atoms with van der Waals surface area (Å²) in [5.74, 6) is 4.77. The fourth-order valence-electron chi connectivity index (χ4n) is 2.09. The highest BCUT2D eigenvalue weighted by Crippen LogP contribution is 2.30. The number of hydrogen-bond acceptors (Lipinski definition) is 5. The van der Waals surface area contributed by atoms with E-state index in [1.54, 1.807) is 0 Å². The molecule has 5 nitrogen and oxygen atoms in total. The number of likely N-dealkylation sites (tertiary alicyclic amines) is 1. The summed E-state index contributed by atoms with van der Waals surface area (Å²) in [6.07, 6.45) is 2.43. The zero-order valence-electron chi connectivity index (χ0n) is 10.9. The van der Waals surface area contributed by atoms with Crippen LogP contribution in [0.25, 0.3) is 0 Å². The number of nitrogens with one attached hydrogen (secondary N) is 1. The van der Waals surface area contributed by atoms with Crippen molar-refractivity contribution in [2.45, 2.75) is 33.2 Å². The maximum Gasteiger partial charge on any atom is 0.294 e. The topological polar surface area (TPSA) is 71.2 Å². The zero-order valence-corrected chi connectivity index (χ0v) is 11.7. The van der Waals surface area contributed by atoms with Gasteiger partial charge in [-0.15, -0.1) is 11.3 Å². The molecular formula is C12H20N4OS. The molecule has 0 radical (unpaired) electrons. The number of piperidine rings is 1. The molecule has 18 heavy (non-hydrogen) atoms. The van der Waals surface area contributed by atoms with Gasteiger partial charge in [-0.25, -0.2) is 10.8 Å². The first-order valence-corrected chi connectivity index (χ1v) is 7.06. The average Bonchev–Trinajstić information content (AvgIpc) is 2.79. The molecule has 1 aromatic heterocycles. The van der Waals surface area contributed by atoms with Crippen LogP contribution in [0.3, 0.4) is 0 Å². The highest BCUT2D eigenvalue weighted by molar-refractivity contribution is 7.11. The Morgan fingerprint density at radius 2 is 2.22 bits per heavy atom. The number of rotatable bonds is 3. The molecule has 0 aromatic carbocycles. The van der Waals surface area contributed by atoms with Crippen LogP contribution in [0.1, 0.15) is 42.2 Å². The predicted molar refractivity (Wildman–Crippen MR) is 72.1 cm³/mol. The molecule has 1 aliphatic heterocycles. The molecule has 0 bridgehead atoms. The Kier molecular flexibility index (Phi) is 3.99. The molecule has 1 aliphatic rings. The second-order valence-electron chi connectivity index (χ2n) is 5.56. The minimum atomic E-state index is -0.314. The summed E-state index contributed by atoms with van der Waals surface area (Å²) in [5, 5.41) is 2.37. The Hall–Kier alpha value is -0.980. The second-order valence-corrected chi connectivity index (χ2v) is 6.42. The number of carbonyl (C=O) groups excluding carboxylic acids is 1. The van der Waals surface area contributed by atoms with Crippen LogP contribution in [0.2, 0.25) is 0 Å². The summed E-state index contributed by atoms with van der Waals surface area (Å²) in [6, 6.07) is 0. The number of hydrogen-bond donors (Lipinski definition) is 2. The Labute approximate surface area is 111 Å². The maximum atomic E-state index is 11.3. The van der Waals surface area contributed by atoms with Crippen molar-refractivity contribution in [3.05, 3.63) is 16.1 Å². The molecule has 1 fully saturated rings. The van der Waals surface area contributed by atoms with Gasteiger partial charge in [0.05, 0.1) is 5.69 Å². The van der Waals surface area contributed by atoms with Crippen molar-refractivity contribution in [2.24, 2.45) is 11.3 Å². The van der Waals surface area contributed by atoms with Gasteiger partial charge in [-0.05, 0) is 31.3 Å². The second kappa shape index (κ2) is 5.34. The predicted octanol–water partition coefficient (Wildman–Crippen LogP) is 1.37. The molecule has 2 rings (SSSR count). The summed E-state index contributed by atoms with van der Waals surface area (Å²) in [7, 11) is 0. The first-order chi connectivity index (χ1) is 8.50. The van der Waals surface area contributed by atoms with Crippen LogP contribution in [-0.4, -0.2) is 28.9 Å². The molecule has 0 spiro atoms. The third-order valence-corrected chi connectivity index (χ3v) is 4.36.